The molecule has 124 valence electrons. The number of likely N-dealkylation sites (tertiary alicyclic amines) is 1. The second-order valence-electron chi connectivity index (χ2n) is 6.49. The second-order valence-corrected chi connectivity index (χ2v) is 6.49. The number of amides is 3. The lowest BCUT2D eigenvalue weighted by molar-refractivity contribution is -0.131. The summed E-state index contributed by atoms with van der Waals surface area (Å²) in [5, 5.41) is 0. The van der Waals surface area contributed by atoms with Crippen molar-refractivity contribution in [1.82, 2.24) is 9.80 Å². The van der Waals surface area contributed by atoms with E-state index in [1.54, 1.807) is 9.80 Å². The van der Waals surface area contributed by atoms with Crippen LogP contribution in [0.5, 0.6) is 0 Å². The smallest absolute Gasteiger partial charge is 0.325 e. The SMILES string of the molecule is Cc1ccc(N2CCN(CC(=O)N3CCCCCC3)C2=O)cc1. The highest BCUT2D eigenvalue weighted by Gasteiger charge is 2.31. The summed E-state index contributed by atoms with van der Waals surface area (Å²) in [4.78, 5) is 30.4. The van der Waals surface area contributed by atoms with Crippen molar-refractivity contribution in [2.45, 2.75) is 32.6 Å². The van der Waals surface area contributed by atoms with E-state index in [0.717, 1.165) is 31.6 Å². The Morgan fingerprint density at radius 3 is 2.26 bits per heavy atom. The first-order valence-corrected chi connectivity index (χ1v) is 8.56. The van der Waals surface area contributed by atoms with E-state index < -0.39 is 0 Å². The first-order chi connectivity index (χ1) is 11.1. The monoisotopic (exact) mass is 315 g/mol. The van der Waals surface area contributed by atoms with Crippen LogP contribution in [0.3, 0.4) is 0 Å². The van der Waals surface area contributed by atoms with Crippen LogP contribution in [0.15, 0.2) is 24.3 Å². The van der Waals surface area contributed by atoms with Gasteiger partial charge >= 0.3 is 6.03 Å². The number of aryl methyl sites for hydroxylation is 1. The Kier molecular flexibility index (Phi) is 4.84. The normalized spacial score (nSPS) is 19.2. The van der Waals surface area contributed by atoms with Crippen molar-refractivity contribution in [3.05, 3.63) is 29.8 Å². The van der Waals surface area contributed by atoms with E-state index in [1.165, 1.54) is 18.4 Å². The van der Waals surface area contributed by atoms with Crippen LogP contribution in [0, 0.1) is 6.92 Å². The topological polar surface area (TPSA) is 43.9 Å². The molecule has 0 N–H and O–H groups in total. The highest BCUT2D eigenvalue weighted by atomic mass is 16.2. The van der Waals surface area contributed by atoms with Gasteiger partial charge in [-0.1, -0.05) is 30.5 Å². The van der Waals surface area contributed by atoms with Gasteiger partial charge in [0.15, 0.2) is 0 Å². The molecule has 2 aliphatic rings. The fourth-order valence-electron chi connectivity index (χ4n) is 3.28. The molecule has 0 atom stereocenters. The molecule has 5 heteroatoms. The number of carbonyl (C=O) groups excluding carboxylic acids is 2. The Morgan fingerprint density at radius 1 is 0.957 bits per heavy atom. The van der Waals surface area contributed by atoms with Crippen molar-refractivity contribution < 1.29 is 9.59 Å². The average Bonchev–Trinajstić information content (AvgIpc) is 2.78. The summed E-state index contributed by atoms with van der Waals surface area (Å²) >= 11 is 0. The molecule has 1 aromatic rings. The zero-order valence-corrected chi connectivity index (χ0v) is 13.8. The summed E-state index contributed by atoms with van der Waals surface area (Å²) in [5.74, 6) is 0.0889. The minimum Gasteiger partial charge on any atom is -0.341 e. The molecule has 2 heterocycles. The van der Waals surface area contributed by atoms with E-state index in [2.05, 4.69) is 0 Å². The predicted octanol–water partition coefficient (Wildman–Crippen LogP) is 2.64. The van der Waals surface area contributed by atoms with Crippen LogP contribution in [0.4, 0.5) is 10.5 Å². The standard InChI is InChI=1S/C18H25N3O2/c1-15-6-8-16(9-7-15)21-13-12-20(18(21)23)14-17(22)19-10-4-2-3-5-11-19/h6-9H,2-5,10-14H2,1H3. The lowest BCUT2D eigenvalue weighted by Crippen LogP contribution is -2.42. The summed E-state index contributed by atoms with van der Waals surface area (Å²) in [7, 11) is 0. The quantitative estimate of drug-likeness (QED) is 0.860. The molecule has 0 bridgehead atoms. The highest BCUT2D eigenvalue weighted by Crippen LogP contribution is 2.21. The molecule has 1 aromatic carbocycles. The van der Waals surface area contributed by atoms with E-state index >= 15 is 0 Å². The van der Waals surface area contributed by atoms with Gasteiger partial charge in [0.2, 0.25) is 5.91 Å². The number of nitrogens with zero attached hydrogens (tertiary/aromatic N) is 3. The Labute approximate surface area is 137 Å². The van der Waals surface area contributed by atoms with Gasteiger partial charge in [0, 0.05) is 31.9 Å². The van der Waals surface area contributed by atoms with Gasteiger partial charge in [-0.05, 0) is 31.9 Å². The molecule has 0 aromatic heterocycles. The van der Waals surface area contributed by atoms with Gasteiger partial charge in [-0.25, -0.2) is 4.79 Å². The molecule has 3 rings (SSSR count). The number of urea groups is 1. The molecule has 0 spiro atoms. The van der Waals surface area contributed by atoms with Crippen molar-refractivity contribution >= 4 is 17.6 Å². The molecule has 0 aliphatic carbocycles. The summed E-state index contributed by atoms with van der Waals surface area (Å²) in [5.41, 5.74) is 2.08. The maximum atomic E-state index is 12.6. The van der Waals surface area contributed by atoms with Crippen molar-refractivity contribution in [2.24, 2.45) is 0 Å². The highest BCUT2D eigenvalue weighted by molar-refractivity contribution is 5.96. The van der Waals surface area contributed by atoms with E-state index in [0.29, 0.717) is 13.1 Å². The van der Waals surface area contributed by atoms with Crippen molar-refractivity contribution in [3.8, 4) is 0 Å². The van der Waals surface area contributed by atoms with E-state index in [9.17, 15) is 9.59 Å². The fourth-order valence-corrected chi connectivity index (χ4v) is 3.28. The van der Waals surface area contributed by atoms with Gasteiger partial charge in [-0.15, -0.1) is 0 Å². The zero-order chi connectivity index (χ0) is 16.2. The van der Waals surface area contributed by atoms with Crippen molar-refractivity contribution in [3.63, 3.8) is 0 Å². The van der Waals surface area contributed by atoms with Crippen LogP contribution in [-0.2, 0) is 4.79 Å². The van der Waals surface area contributed by atoms with Crippen LogP contribution in [0.1, 0.15) is 31.2 Å². The molecule has 2 fully saturated rings. The molecule has 2 saturated heterocycles. The first kappa shape index (κ1) is 15.8. The minimum absolute atomic E-state index is 0.0583. The second kappa shape index (κ2) is 7.02. The lowest BCUT2D eigenvalue weighted by atomic mass is 10.2. The molecule has 0 radical (unpaired) electrons. The van der Waals surface area contributed by atoms with Gasteiger partial charge in [0.05, 0.1) is 0 Å². The van der Waals surface area contributed by atoms with Gasteiger partial charge in [0.1, 0.15) is 6.54 Å². The number of rotatable bonds is 3. The van der Waals surface area contributed by atoms with E-state index in [4.69, 9.17) is 0 Å². The molecule has 3 amide bonds. The van der Waals surface area contributed by atoms with E-state index in [1.807, 2.05) is 36.1 Å². The summed E-state index contributed by atoms with van der Waals surface area (Å²) in [6.07, 6.45) is 4.56. The first-order valence-electron chi connectivity index (χ1n) is 8.56. The lowest BCUT2D eigenvalue weighted by Gasteiger charge is -2.24. The average molecular weight is 315 g/mol. The van der Waals surface area contributed by atoms with Crippen LogP contribution in [0.2, 0.25) is 0 Å². The predicted molar refractivity (Wildman–Crippen MR) is 90.5 cm³/mol. The van der Waals surface area contributed by atoms with Gasteiger partial charge < -0.3 is 9.80 Å². The third-order valence-corrected chi connectivity index (χ3v) is 4.73. The Bertz CT molecular complexity index is 562. The number of hydrogen-bond donors (Lipinski definition) is 0. The van der Waals surface area contributed by atoms with Crippen LogP contribution in [0.25, 0.3) is 0 Å². The number of hydrogen-bond acceptors (Lipinski definition) is 2. The minimum atomic E-state index is -0.0583. The van der Waals surface area contributed by atoms with E-state index in [-0.39, 0.29) is 18.5 Å². The number of benzene rings is 1. The Hall–Kier alpha value is -2.04. The fraction of sp³-hybridized carbons (Fsp3) is 0.556. The third kappa shape index (κ3) is 3.66. The zero-order valence-electron chi connectivity index (χ0n) is 13.8. The molecular weight excluding hydrogens is 290 g/mol. The summed E-state index contributed by atoms with van der Waals surface area (Å²) in [6.45, 7) is 5.18. The molecule has 2 aliphatic heterocycles. The maximum Gasteiger partial charge on any atom is 0.325 e. The largest absolute Gasteiger partial charge is 0.341 e. The molecule has 0 saturated carbocycles. The van der Waals surface area contributed by atoms with Crippen LogP contribution < -0.4 is 4.90 Å². The molecule has 5 nitrogen and oxygen atoms in total. The maximum absolute atomic E-state index is 12.6. The summed E-state index contributed by atoms with van der Waals surface area (Å²) in [6, 6.07) is 7.89. The summed E-state index contributed by atoms with van der Waals surface area (Å²) < 4.78 is 0. The Balaban J connectivity index is 1.60. The third-order valence-electron chi connectivity index (χ3n) is 4.73. The van der Waals surface area contributed by atoms with Gasteiger partial charge in [-0.2, -0.15) is 0 Å². The number of anilines is 1. The number of carbonyl (C=O) groups is 2. The van der Waals surface area contributed by atoms with Gasteiger partial charge in [-0.3, -0.25) is 9.69 Å². The van der Waals surface area contributed by atoms with Crippen molar-refractivity contribution in [1.29, 1.82) is 0 Å². The van der Waals surface area contributed by atoms with Gasteiger partial charge in [0.25, 0.3) is 0 Å². The van der Waals surface area contributed by atoms with Crippen LogP contribution in [-0.4, -0.2) is 54.5 Å². The van der Waals surface area contributed by atoms with Crippen LogP contribution >= 0.6 is 0 Å². The molecule has 23 heavy (non-hydrogen) atoms. The molecule has 0 unspecified atom stereocenters. The van der Waals surface area contributed by atoms with Crippen molar-refractivity contribution in [2.75, 3.05) is 37.6 Å². The Morgan fingerprint density at radius 2 is 1.61 bits per heavy atom. The molecular formula is C18H25N3O2.